The van der Waals surface area contributed by atoms with Crippen molar-refractivity contribution < 1.29 is 9.47 Å². The van der Waals surface area contributed by atoms with Crippen LogP contribution >= 0.6 is 0 Å². The number of nitrogens with zero attached hydrogens (tertiary/aromatic N) is 2. The number of ether oxygens (including phenoxy) is 2. The first-order valence-corrected chi connectivity index (χ1v) is 12.1. The molecule has 0 radical (unpaired) electrons. The van der Waals surface area contributed by atoms with E-state index in [2.05, 4.69) is 40.2 Å². The lowest BCUT2D eigenvalue weighted by Gasteiger charge is -2.24. The lowest BCUT2D eigenvalue weighted by molar-refractivity contribution is 0.308. The molecule has 2 aromatic carbocycles. The second-order valence-electron chi connectivity index (χ2n) is 8.74. The van der Waals surface area contributed by atoms with Crippen LogP contribution < -0.4 is 14.8 Å². The summed E-state index contributed by atoms with van der Waals surface area (Å²) in [5.74, 6) is 2.63. The summed E-state index contributed by atoms with van der Waals surface area (Å²) in [6.07, 6.45) is 12.4. The highest BCUT2D eigenvalue weighted by Gasteiger charge is 2.19. The summed E-state index contributed by atoms with van der Waals surface area (Å²) in [7, 11) is 1.70. The van der Waals surface area contributed by atoms with E-state index in [9.17, 15) is 0 Å². The van der Waals surface area contributed by atoms with Crippen LogP contribution in [-0.2, 0) is 6.61 Å². The van der Waals surface area contributed by atoms with Crippen molar-refractivity contribution in [1.29, 1.82) is 0 Å². The first kappa shape index (κ1) is 22.1. The fourth-order valence-corrected chi connectivity index (χ4v) is 4.58. The molecule has 0 aliphatic heterocycles. The van der Waals surface area contributed by atoms with Crippen LogP contribution in [0, 0.1) is 0 Å². The number of anilines is 1. The van der Waals surface area contributed by atoms with E-state index >= 15 is 0 Å². The number of nitrogens with one attached hydrogen (secondary N) is 1. The number of hydrogen-bond acceptors (Lipinski definition) is 4. The van der Waals surface area contributed by atoms with Gasteiger partial charge in [0, 0.05) is 17.8 Å². The van der Waals surface area contributed by atoms with Crippen molar-refractivity contribution in [3.05, 3.63) is 89.7 Å². The maximum Gasteiger partial charge on any atom is 0.181 e. The molecule has 2 aromatic heterocycles. The fourth-order valence-electron chi connectivity index (χ4n) is 4.58. The van der Waals surface area contributed by atoms with Crippen molar-refractivity contribution in [2.75, 3.05) is 12.4 Å². The molecule has 1 N–H and O–H groups in total. The van der Waals surface area contributed by atoms with Crippen molar-refractivity contribution in [2.24, 2.45) is 0 Å². The number of methoxy groups -OCH3 is 1. The van der Waals surface area contributed by atoms with Crippen LogP contribution in [0.3, 0.4) is 0 Å². The molecule has 0 unspecified atom stereocenters. The van der Waals surface area contributed by atoms with Gasteiger partial charge in [0.05, 0.1) is 7.11 Å². The van der Waals surface area contributed by atoms with E-state index in [-0.39, 0.29) is 0 Å². The summed E-state index contributed by atoms with van der Waals surface area (Å²) in [6, 6.07) is 22.7. The SMILES string of the molecule is COc1ccccc1C=Cc1nc2c(OCc3ccccc3)cccn2c1NC1CCCCC1. The maximum atomic E-state index is 6.21. The summed E-state index contributed by atoms with van der Waals surface area (Å²) in [6.45, 7) is 0.505. The molecule has 1 saturated carbocycles. The van der Waals surface area contributed by atoms with Gasteiger partial charge in [0.25, 0.3) is 0 Å². The van der Waals surface area contributed by atoms with Gasteiger partial charge in [-0.1, -0.05) is 67.8 Å². The second kappa shape index (κ2) is 10.5. The lowest BCUT2D eigenvalue weighted by Crippen LogP contribution is -2.23. The zero-order valence-electron chi connectivity index (χ0n) is 19.6. The van der Waals surface area contributed by atoms with Crippen LogP contribution in [-0.4, -0.2) is 22.5 Å². The summed E-state index contributed by atoms with van der Waals surface area (Å²) in [5.41, 5.74) is 3.86. The quantitative estimate of drug-likeness (QED) is 0.317. The summed E-state index contributed by atoms with van der Waals surface area (Å²) >= 11 is 0. The van der Waals surface area contributed by atoms with Crippen LogP contribution in [0.5, 0.6) is 11.5 Å². The van der Waals surface area contributed by atoms with E-state index in [0.717, 1.165) is 39.8 Å². The van der Waals surface area contributed by atoms with E-state index in [0.29, 0.717) is 12.6 Å². The molecule has 0 amide bonds. The minimum atomic E-state index is 0.459. The third-order valence-corrected chi connectivity index (χ3v) is 6.38. The molecule has 0 bridgehead atoms. The Balaban J connectivity index is 1.50. The van der Waals surface area contributed by atoms with Gasteiger partial charge >= 0.3 is 0 Å². The summed E-state index contributed by atoms with van der Waals surface area (Å²) in [4.78, 5) is 5.01. The van der Waals surface area contributed by atoms with Gasteiger partial charge in [-0.05, 0) is 48.8 Å². The summed E-state index contributed by atoms with van der Waals surface area (Å²) in [5, 5.41) is 3.80. The fraction of sp³-hybridized carbons (Fsp3) is 0.276. The number of aromatic nitrogens is 2. The molecule has 1 aliphatic carbocycles. The molecule has 5 rings (SSSR count). The van der Waals surface area contributed by atoms with Crippen molar-refractivity contribution in [3.63, 3.8) is 0 Å². The monoisotopic (exact) mass is 453 g/mol. The van der Waals surface area contributed by atoms with Crippen LogP contribution in [0.15, 0.2) is 72.9 Å². The zero-order chi connectivity index (χ0) is 23.2. The Morgan fingerprint density at radius 3 is 2.50 bits per heavy atom. The van der Waals surface area contributed by atoms with Gasteiger partial charge in [-0.2, -0.15) is 0 Å². The van der Waals surface area contributed by atoms with Crippen molar-refractivity contribution in [3.8, 4) is 11.5 Å². The normalized spacial score (nSPS) is 14.5. The minimum Gasteiger partial charge on any atom is -0.496 e. The first-order valence-electron chi connectivity index (χ1n) is 12.1. The highest BCUT2D eigenvalue weighted by atomic mass is 16.5. The van der Waals surface area contributed by atoms with Crippen LogP contribution in [0.2, 0.25) is 0 Å². The van der Waals surface area contributed by atoms with Crippen LogP contribution in [0.4, 0.5) is 5.82 Å². The van der Waals surface area contributed by atoms with E-state index < -0.39 is 0 Å². The van der Waals surface area contributed by atoms with Crippen LogP contribution in [0.1, 0.15) is 48.9 Å². The van der Waals surface area contributed by atoms with Gasteiger partial charge in [0.15, 0.2) is 11.4 Å². The van der Waals surface area contributed by atoms with Gasteiger partial charge in [0.1, 0.15) is 23.9 Å². The topological polar surface area (TPSA) is 47.8 Å². The second-order valence-corrected chi connectivity index (χ2v) is 8.74. The number of rotatable bonds is 8. The largest absolute Gasteiger partial charge is 0.496 e. The number of pyridine rings is 1. The molecule has 1 aliphatic rings. The minimum absolute atomic E-state index is 0.459. The van der Waals surface area contributed by atoms with E-state index in [1.807, 2.05) is 54.6 Å². The molecule has 2 heterocycles. The summed E-state index contributed by atoms with van der Waals surface area (Å²) < 4.78 is 13.9. The van der Waals surface area contributed by atoms with Gasteiger partial charge in [0.2, 0.25) is 0 Å². The third-order valence-electron chi connectivity index (χ3n) is 6.38. The van der Waals surface area contributed by atoms with Gasteiger partial charge in [-0.25, -0.2) is 4.98 Å². The lowest BCUT2D eigenvalue weighted by atomic mass is 9.95. The molecular weight excluding hydrogens is 422 g/mol. The molecule has 34 heavy (non-hydrogen) atoms. The Bertz CT molecular complexity index is 1260. The van der Waals surface area contributed by atoms with Crippen LogP contribution in [0.25, 0.3) is 17.8 Å². The number of para-hydroxylation sites is 1. The zero-order valence-corrected chi connectivity index (χ0v) is 19.6. The highest BCUT2D eigenvalue weighted by molar-refractivity contribution is 5.78. The number of fused-ring (bicyclic) bond motifs is 1. The molecule has 0 saturated heterocycles. The van der Waals surface area contributed by atoms with E-state index in [1.54, 1.807) is 7.11 Å². The molecule has 4 aromatic rings. The first-order chi connectivity index (χ1) is 16.8. The predicted octanol–water partition coefficient (Wildman–Crippen LogP) is 6.84. The highest BCUT2D eigenvalue weighted by Crippen LogP contribution is 2.30. The van der Waals surface area contributed by atoms with Gasteiger partial charge in [-0.15, -0.1) is 0 Å². The Morgan fingerprint density at radius 1 is 0.912 bits per heavy atom. The Kier molecular flexibility index (Phi) is 6.80. The molecular formula is C29H31N3O2. The van der Waals surface area contributed by atoms with Crippen molar-refractivity contribution in [2.45, 2.75) is 44.8 Å². The Morgan fingerprint density at radius 2 is 1.68 bits per heavy atom. The number of hydrogen-bond donors (Lipinski definition) is 1. The van der Waals surface area contributed by atoms with Crippen molar-refractivity contribution in [1.82, 2.24) is 9.38 Å². The molecule has 1 fully saturated rings. The Hall–Kier alpha value is -3.73. The average Bonchev–Trinajstić information content (AvgIpc) is 3.25. The van der Waals surface area contributed by atoms with E-state index in [4.69, 9.17) is 14.5 Å². The molecule has 174 valence electrons. The standard InChI is InChI=1S/C29H31N3O2/c1-33-26-16-9-8-13-23(26)18-19-25-28(30-24-14-6-3-7-15-24)32-20-10-17-27(29(32)31-25)34-21-22-11-4-2-5-12-22/h2,4-5,8-13,16-20,24,30H,3,6-7,14-15,21H2,1H3. The van der Waals surface area contributed by atoms with Gasteiger partial charge in [-0.3, -0.25) is 4.40 Å². The third kappa shape index (κ3) is 4.93. The smallest absolute Gasteiger partial charge is 0.181 e. The van der Waals surface area contributed by atoms with Gasteiger partial charge < -0.3 is 14.8 Å². The predicted molar refractivity (Wildman–Crippen MR) is 138 cm³/mol. The van der Waals surface area contributed by atoms with Crippen molar-refractivity contribution >= 4 is 23.6 Å². The Labute approximate surface area is 201 Å². The maximum absolute atomic E-state index is 6.21. The molecule has 5 nitrogen and oxygen atoms in total. The molecule has 0 spiro atoms. The number of imidazole rings is 1. The molecule has 0 atom stereocenters. The number of benzene rings is 2. The van der Waals surface area contributed by atoms with E-state index in [1.165, 1.54) is 32.1 Å². The average molecular weight is 454 g/mol. The molecule has 5 heteroatoms.